The largest absolute Gasteiger partial charge is 0.485 e. The third-order valence-electron chi connectivity index (χ3n) is 8.03. The molecule has 2 aromatic heterocycles. The Hall–Kier alpha value is -3.13. The molecule has 4 aromatic rings. The molecule has 0 N–H and O–H groups in total. The maximum atomic E-state index is 12.3. The van der Waals surface area contributed by atoms with Crippen molar-refractivity contribution < 1.29 is 14.3 Å². The van der Waals surface area contributed by atoms with Gasteiger partial charge in [-0.3, -0.25) is 9.55 Å². The van der Waals surface area contributed by atoms with Crippen LogP contribution in [0.3, 0.4) is 0 Å². The number of hydrogen-bond acceptors (Lipinski definition) is 6. The fourth-order valence-electron chi connectivity index (χ4n) is 5.98. The molecular weight excluding hydrogens is 547 g/mol. The molecule has 1 fully saturated rings. The van der Waals surface area contributed by atoms with Gasteiger partial charge in [0, 0.05) is 23.2 Å². The van der Waals surface area contributed by atoms with E-state index < -0.39 is 5.97 Å². The summed E-state index contributed by atoms with van der Waals surface area (Å²) in [4.78, 5) is 24.0. The van der Waals surface area contributed by atoms with Crippen LogP contribution in [0.4, 0.5) is 0 Å². The van der Waals surface area contributed by atoms with E-state index in [2.05, 4.69) is 66.2 Å². The minimum Gasteiger partial charge on any atom is -0.485 e. The molecule has 212 valence electrons. The first-order chi connectivity index (χ1) is 18.5. The van der Waals surface area contributed by atoms with Crippen LogP contribution in [0.25, 0.3) is 16.6 Å². The lowest BCUT2D eigenvalue weighted by atomic mass is 9.87. The Morgan fingerprint density at radius 3 is 2.65 bits per heavy atom. The number of nitrogens with zero attached hydrogens (tertiary/aromatic N) is 4. The molecule has 6 rings (SSSR count). The van der Waals surface area contributed by atoms with Gasteiger partial charge < -0.3 is 14.4 Å². The van der Waals surface area contributed by atoms with Crippen LogP contribution in [0.1, 0.15) is 64.2 Å². The van der Waals surface area contributed by atoms with Gasteiger partial charge in [0.1, 0.15) is 18.7 Å². The van der Waals surface area contributed by atoms with Gasteiger partial charge in [-0.25, -0.2) is 9.78 Å². The number of hydrogen-bond donors (Lipinski definition) is 0. The molecule has 9 heteroatoms. The standard InChI is InChI=1S/C31H34N4O3.2ClH/c1-4-37-31(36)29-28-18-38-30-23(20(2)8-11-27(30)35(28)19-32-29)14-17-34-15-12-22(13-16-34)24-6-5-7-26-25(24)10-9-21(3)33-26;;/h5-11,19,22H,4,12-18H2,1-3H3;2*1H. The van der Waals surface area contributed by atoms with Crippen LogP contribution in [-0.4, -0.2) is 51.6 Å². The first-order valence-corrected chi connectivity index (χ1v) is 13.6. The molecule has 2 aliphatic heterocycles. The van der Waals surface area contributed by atoms with Crippen LogP contribution in [0.2, 0.25) is 0 Å². The second-order valence-electron chi connectivity index (χ2n) is 10.4. The number of fused-ring (bicyclic) bond motifs is 4. The molecule has 2 aromatic carbocycles. The highest BCUT2D eigenvalue weighted by molar-refractivity contribution is 5.89. The molecular formula is C31H36Cl2N4O3. The number of likely N-dealkylation sites (tertiary alicyclic amines) is 1. The van der Waals surface area contributed by atoms with Gasteiger partial charge in [0.15, 0.2) is 5.69 Å². The molecule has 0 radical (unpaired) electrons. The van der Waals surface area contributed by atoms with Gasteiger partial charge in [-0.1, -0.05) is 24.3 Å². The van der Waals surface area contributed by atoms with E-state index in [4.69, 9.17) is 14.5 Å². The van der Waals surface area contributed by atoms with Gasteiger partial charge in [-0.15, -0.1) is 24.8 Å². The van der Waals surface area contributed by atoms with E-state index in [-0.39, 0.29) is 24.8 Å². The van der Waals surface area contributed by atoms with Crippen molar-refractivity contribution in [1.82, 2.24) is 19.4 Å². The highest BCUT2D eigenvalue weighted by Crippen LogP contribution is 2.37. The average Bonchev–Trinajstić information content (AvgIpc) is 3.37. The third-order valence-corrected chi connectivity index (χ3v) is 8.03. The molecule has 4 heterocycles. The van der Waals surface area contributed by atoms with Crippen LogP contribution in [0, 0.1) is 13.8 Å². The Balaban J connectivity index is 0.00000185. The molecule has 2 aliphatic rings. The molecule has 0 unspecified atom stereocenters. The molecule has 0 amide bonds. The second kappa shape index (κ2) is 12.6. The minimum atomic E-state index is -0.404. The average molecular weight is 584 g/mol. The number of halogens is 2. The summed E-state index contributed by atoms with van der Waals surface area (Å²) in [5.74, 6) is 1.07. The molecule has 40 heavy (non-hydrogen) atoms. The number of rotatable bonds is 6. The zero-order valence-electron chi connectivity index (χ0n) is 23.2. The maximum Gasteiger partial charge on any atom is 0.358 e. The van der Waals surface area contributed by atoms with E-state index in [1.807, 2.05) is 4.57 Å². The first kappa shape index (κ1) is 29.8. The Morgan fingerprint density at radius 1 is 1.07 bits per heavy atom. The van der Waals surface area contributed by atoms with Crippen molar-refractivity contribution >= 4 is 41.7 Å². The number of benzene rings is 2. The van der Waals surface area contributed by atoms with Gasteiger partial charge >= 0.3 is 5.97 Å². The van der Waals surface area contributed by atoms with Gasteiger partial charge in [0.25, 0.3) is 0 Å². The fraction of sp³-hybridized carbons (Fsp3) is 0.387. The highest BCUT2D eigenvalue weighted by Gasteiger charge is 2.28. The van der Waals surface area contributed by atoms with Gasteiger partial charge in [0.2, 0.25) is 0 Å². The quantitative estimate of drug-likeness (QED) is 0.246. The van der Waals surface area contributed by atoms with Gasteiger partial charge in [-0.05, 0) is 88.4 Å². The number of carbonyl (C=O) groups is 1. The lowest BCUT2D eigenvalue weighted by Gasteiger charge is -2.33. The van der Waals surface area contributed by atoms with E-state index >= 15 is 0 Å². The summed E-state index contributed by atoms with van der Waals surface area (Å²) in [5, 5.41) is 1.30. The van der Waals surface area contributed by atoms with Crippen molar-refractivity contribution in [2.75, 3.05) is 26.2 Å². The van der Waals surface area contributed by atoms with Gasteiger partial charge in [-0.2, -0.15) is 0 Å². The second-order valence-corrected chi connectivity index (χ2v) is 10.4. The van der Waals surface area contributed by atoms with Crippen LogP contribution in [0.5, 0.6) is 5.75 Å². The number of imidazole rings is 1. The normalized spacial score (nSPS) is 14.9. The number of aromatic nitrogens is 3. The van der Waals surface area contributed by atoms with Crippen LogP contribution in [0.15, 0.2) is 48.8 Å². The summed E-state index contributed by atoms with van der Waals surface area (Å²) in [7, 11) is 0. The summed E-state index contributed by atoms with van der Waals surface area (Å²) in [6.45, 7) is 9.80. The SMILES string of the molecule is CCOC(=O)c1ncn2c1COc1c-2ccc(C)c1CCN1CCC(c2cccc3nc(C)ccc23)CC1.Cl.Cl. The monoisotopic (exact) mass is 582 g/mol. The Morgan fingerprint density at radius 2 is 1.88 bits per heavy atom. The third kappa shape index (κ3) is 5.55. The van der Waals surface area contributed by atoms with Crippen molar-refractivity contribution in [3.63, 3.8) is 0 Å². The lowest BCUT2D eigenvalue weighted by Crippen LogP contribution is -2.34. The lowest BCUT2D eigenvalue weighted by molar-refractivity contribution is 0.0516. The molecule has 0 bridgehead atoms. The molecule has 0 spiro atoms. The zero-order chi connectivity index (χ0) is 26.2. The fourth-order valence-corrected chi connectivity index (χ4v) is 5.98. The number of pyridine rings is 1. The number of carbonyl (C=O) groups excluding carboxylic acids is 1. The molecule has 7 nitrogen and oxygen atoms in total. The number of ether oxygens (including phenoxy) is 2. The Bertz CT molecular complexity index is 1510. The maximum absolute atomic E-state index is 12.3. The predicted molar refractivity (Wildman–Crippen MR) is 162 cm³/mol. The minimum absolute atomic E-state index is 0. The van der Waals surface area contributed by atoms with Crippen LogP contribution < -0.4 is 4.74 Å². The van der Waals surface area contributed by atoms with E-state index in [1.165, 1.54) is 22.1 Å². The van der Waals surface area contributed by atoms with E-state index in [0.29, 0.717) is 24.8 Å². The summed E-state index contributed by atoms with van der Waals surface area (Å²) >= 11 is 0. The van der Waals surface area contributed by atoms with E-state index in [1.54, 1.807) is 13.3 Å². The number of esters is 1. The van der Waals surface area contributed by atoms with Crippen molar-refractivity contribution in [1.29, 1.82) is 0 Å². The highest BCUT2D eigenvalue weighted by atomic mass is 35.5. The van der Waals surface area contributed by atoms with E-state index in [9.17, 15) is 4.79 Å². The summed E-state index contributed by atoms with van der Waals surface area (Å²) in [6, 6.07) is 15.1. The summed E-state index contributed by atoms with van der Waals surface area (Å²) in [6.07, 6.45) is 4.94. The molecule has 0 aliphatic carbocycles. The summed E-state index contributed by atoms with van der Waals surface area (Å²) in [5.41, 5.74) is 8.08. The first-order valence-electron chi connectivity index (χ1n) is 13.6. The van der Waals surface area contributed by atoms with Gasteiger partial charge in [0.05, 0.1) is 23.5 Å². The molecule has 0 saturated carbocycles. The topological polar surface area (TPSA) is 69.5 Å². The number of aryl methyl sites for hydroxylation is 2. The van der Waals surface area contributed by atoms with Crippen molar-refractivity contribution in [2.24, 2.45) is 0 Å². The van der Waals surface area contributed by atoms with E-state index in [0.717, 1.165) is 67.2 Å². The van der Waals surface area contributed by atoms with Crippen molar-refractivity contribution in [2.45, 2.75) is 52.6 Å². The summed E-state index contributed by atoms with van der Waals surface area (Å²) < 4.78 is 13.4. The molecule has 0 atom stereocenters. The smallest absolute Gasteiger partial charge is 0.358 e. The molecule has 1 saturated heterocycles. The van der Waals surface area contributed by atoms with Crippen molar-refractivity contribution in [3.8, 4) is 11.4 Å². The predicted octanol–water partition coefficient (Wildman–Crippen LogP) is 6.37. The van der Waals surface area contributed by atoms with Crippen LogP contribution in [-0.2, 0) is 17.8 Å². The zero-order valence-corrected chi connectivity index (χ0v) is 24.8. The number of piperidine rings is 1. The Labute approximate surface area is 247 Å². The van der Waals surface area contributed by atoms with Crippen molar-refractivity contribution in [3.05, 3.63) is 82.6 Å². The van der Waals surface area contributed by atoms with Crippen LogP contribution >= 0.6 is 24.8 Å². The Kier molecular flexibility index (Phi) is 9.39.